The molecule has 0 saturated heterocycles. The lowest BCUT2D eigenvalue weighted by molar-refractivity contribution is 0.469. The number of hydrogen-bond donors (Lipinski definition) is 1. The van der Waals surface area contributed by atoms with Crippen molar-refractivity contribution in [2.24, 2.45) is 5.92 Å². The third-order valence-electron chi connectivity index (χ3n) is 3.99. The molecule has 0 amide bonds. The summed E-state index contributed by atoms with van der Waals surface area (Å²) >= 11 is 2.07. The number of rotatable bonds is 5. The van der Waals surface area contributed by atoms with Crippen LogP contribution in [0.15, 0.2) is 6.07 Å². The van der Waals surface area contributed by atoms with Crippen molar-refractivity contribution in [3.63, 3.8) is 0 Å². The van der Waals surface area contributed by atoms with Crippen molar-refractivity contribution in [3.05, 3.63) is 21.4 Å². The standard InChI is InChI=1S/C16H27NS/c1-12(2)9-10-14(17-3)16-11-13-7-5-4-6-8-15(13)18-16/h11-12,14,17H,4-10H2,1-3H3. The van der Waals surface area contributed by atoms with Gasteiger partial charge in [-0.3, -0.25) is 0 Å². The zero-order valence-electron chi connectivity index (χ0n) is 12.1. The maximum atomic E-state index is 3.51. The van der Waals surface area contributed by atoms with E-state index < -0.39 is 0 Å². The van der Waals surface area contributed by atoms with Gasteiger partial charge in [-0.1, -0.05) is 20.3 Å². The fraction of sp³-hybridized carbons (Fsp3) is 0.750. The summed E-state index contributed by atoms with van der Waals surface area (Å²) in [6.45, 7) is 4.63. The molecule has 1 atom stereocenters. The zero-order valence-corrected chi connectivity index (χ0v) is 12.9. The van der Waals surface area contributed by atoms with E-state index in [2.05, 4.69) is 43.6 Å². The number of nitrogens with one attached hydrogen (secondary N) is 1. The maximum Gasteiger partial charge on any atom is 0.0412 e. The smallest absolute Gasteiger partial charge is 0.0412 e. The van der Waals surface area contributed by atoms with Gasteiger partial charge in [0.05, 0.1) is 0 Å². The van der Waals surface area contributed by atoms with E-state index in [1.54, 1.807) is 15.3 Å². The minimum atomic E-state index is 0.573. The topological polar surface area (TPSA) is 12.0 Å². The van der Waals surface area contributed by atoms with Crippen molar-refractivity contribution in [3.8, 4) is 0 Å². The summed E-state index contributed by atoms with van der Waals surface area (Å²) in [4.78, 5) is 3.25. The molecular weight excluding hydrogens is 238 g/mol. The van der Waals surface area contributed by atoms with Crippen LogP contribution >= 0.6 is 11.3 Å². The van der Waals surface area contributed by atoms with Gasteiger partial charge in [-0.15, -0.1) is 11.3 Å². The Hall–Kier alpha value is -0.340. The van der Waals surface area contributed by atoms with Crippen molar-refractivity contribution in [1.82, 2.24) is 5.32 Å². The number of fused-ring (bicyclic) bond motifs is 1. The van der Waals surface area contributed by atoms with Crippen LogP contribution in [-0.4, -0.2) is 7.05 Å². The largest absolute Gasteiger partial charge is 0.312 e. The highest BCUT2D eigenvalue weighted by molar-refractivity contribution is 7.12. The highest BCUT2D eigenvalue weighted by Crippen LogP contribution is 2.34. The molecule has 2 rings (SSSR count). The summed E-state index contributed by atoms with van der Waals surface area (Å²) in [5, 5.41) is 3.51. The minimum absolute atomic E-state index is 0.573. The molecule has 0 bridgehead atoms. The molecule has 0 spiro atoms. The molecule has 1 unspecified atom stereocenters. The van der Waals surface area contributed by atoms with E-state index in [0.717, 1.165) is 5.92 Å². The monoisotopic (exact) mass is 265 g/mol. The Bertz CT molecular complexity index is 344. The van der Waals surface area contributed by atoms with Gasteiger partial charge in [0.2, 0.25) is 0 Å². The van der Waals surface area contributed by atoms with Crippen LogP contribution in [0, 0.1) is 5.92 Å². The predicted octanol–water partition coefficient (Wildman–Crippen LogP) is 4.71. The molecule has 1 heterocycles. The second kappa shape index (κ2) is 6.72. The van der Waals surface area contributed by atoms with Crippen LogP contribution in [0.5, 0.6) is 0 Å². The number of thiophene rings is 1. The SMILES string of the molecule is CNC(CCC(C)C)c1cc2c(s1)CCCCC2. The quantitative estimate of drug-likeness (QED) is 0.760. The normalized spacial score (nSPS) is 17.6. The lowest BCUT2D eigenvalue weighted by Gasteiger charge is -2.15. The second-order valence-corrected chi connectivity index (χ2v) is 7.14. The molecule has 2 heteroatoms. The second-order valence-electron chi connectivity index (χ2n) is 5.97. The van der Waals surface area contributed by atoms with Gasteiger partial charge in [0.15, 0.2) is 0 Å². The van der Waals surface area contributed by atoms with Crippen molar-refractivity contribution in [1.29, 1.82) is 0 Å². The van der Waals surface area contributed by atoms with Crippen LogP contribution in [0.25, 0.3) is 0 Å². The average molecular weight is 265 g/mol. The highest BCUT2D eigenvalue weighted by atomic mass is 32.1. The Kier molecular flexibility index (Phi) is 5.25. The van der Waals surface area contributed by atoms with Crippen LogP contribution in [0.1, 0.15) is 67.3 Å². The molecule has 102 valence electrons. The van der Waals surface area contributed by atoms with Crippen molar-refractivity contribution < 1.29 is 0 Å². The van der Waals surface area contributed by atoms with Crippen molar-refractivity contribution in [2.75, 3.05) is 7.05 Å². The van der Waals surface area contributed by atoms with Gasteiger partial charge >= 0.3 is 0 Å². The zero-order chi connectivity index (χ0) is 13.0. The fourth-order valence-corrected chi connectivity index (χ4v) is 4.19. The third-order valence-corrected chi connectivity index (χ3v) is 5.34. The Morgan fingerprint density at radius 1 is 1.17 bits per heavy atom. The van der Waals surface area contributed by atoms with E-state index in [4.69, 9.17) is 0 Å². The van der Waals surface area contributed by atoms with Crippen LogP contribution in [0.3, 0.4) is 0 Å². The lowest BCUT2D eigenvalue weighted by atomic mass is 10.0. The summed E-state index contributed by atoms with van der Waals surface area (Å²) in [7, 11) is 2.11. The van der Waals surface area contributed by atoms with Crippen LogP contribution in [-0.2, 0) is 12.8 Å². The first kappa shape index (κ1) is 14.1. The van der Waals surface area contributed by atoms with Crippen LogP contribution < -0.4 is 5.32 Å². The molecule has 0 radical (unpaired) electrons. The van der Waals surface area contributed by atoms with E-state index in [9.17, 15) is 0 Å². The molecule has 0 aliphatic heterocycles. The summed E-state index contributed by atoms with van der Waals surface area (Å²) in [5.74, 6) is 0.804. The van der Waals surface area contributed by atoms with Crippen LogP contribution in [0.4, 0.5) is 0 Å². The van der Waals surface area contributed by atoms with Gasteiger partial charge in [-0.05, 0) is 63.1 Å². The molecule has 0 saturated carbocycles. The Morgan fingerprint density at radius 3 is 2.67 bits per heavy atom. The van der Waals surface area contributed by atoms with Crippen molar-refractivity contribution >= 4 is 11.3 Å². The first-order valence-electron chi connectivity index (χ1n) is 7.49. The molecule has 1 aromatic heterocycles. The van der Waals surface area contributed by atoms with E-state index in [1.807, 2.05) is 0 Å². The van der Waals surface area contributed by atoms with Gasteiger partial charge in [-0.2, -0.15) is 0 Å². The molecule has 0 fully saturated rings. The molecular formula is C16H27NS. The summed E-state index contributed by atoms with van der Waals surface area (Å²) < 4.78 is 0. The Balaban J connectivity index is 2.06. The van der Waals surface area contributed by atoms with Gasteiger partial charge in [-0.25, -0.2) is 0 Å². The molecule has 18 heavy (non-hydrogen) atoms. The van der Waals surface area contributed by atoms with Gasteiger partial charge < -0.3 is 5.32 Å². The lowest BCUT2D eigenvalue weighted by Crippen LogP contribution is -2.15. The van der Waals surface area contributed by atoms with E-state index in [-0.39, 0.29) is 0 Å². The molecule has 1 aliphatic carbocycles. The summed E-state index contributed by atoms with van der Waals surface area (Å²) in [5.41, 5.74) is 1.65. The molecule has 1 N–H and O–H groups in total. The van der Waals surface area contributed by atoms with Crippen LogP contribution in [0.2, 0.25) is 0 Å². The highest BCUT2D eigenvalue weighted by Gasteiger charge is 2.17. The summed E-state index contributed by atoms with van der Waals surface area (Å²) in [6.07, 6.45) is 9.41. The van der Waals surface area contributed by atoms with Gasteiger partial charge in [0, 0.05) is 15.8 Å². The molecule has 1 nitrogen and oxygen atoms in total. The minimum Gasteiger partial charge on any atom is -0.312 e. The Labute approximate surface area is 116 Å². The fourth-order valence-electron chi connectivity index (χ4n) is 2.79. The molecule has 0 aromatic carbocycles. The molecule has 1 aromatic rings. The van der Waals surface area contributed by atoms with Crippen molar-refractivity contribution in [2.45, 2.75) is 64.8 Å². The number of aryl methyl sites for hydroxylation is 2. The Morgan fingerprint density at radius 2 is 1.94 bits per heavy atom. The maximum absolute atomic E-state index is 3.51. The van der Waals surface area contributed by atoms with Gasteiger partial charge in [0.1, 0.15) is 0 Å². The number of hydrogen-bond acceptors (Lipinski definition) is 2. The van der Waals surface area contributed by atoms with E-state index >= 15 is 0 Å². The average Bonchev–Trinajstić information content (AvgIpc) is 2.61. The first-order chi connectivity index (χ1) is 8.70. The van der Waals surface area contributed by atoms with E-state index in [1.165, 1.54) is 44.9 Å². The predicted molar refractivity (Wildman–Crippen MR) is 81.5 cm³/mol. The van der Waals surface area contributed by atoms with Gasteiger partial charge in [0.25, 0.3) is 0 Å². The molecule has 1 aliphatic rings. The van der Waals surface area contributed by atoms with E-state index in [0.29, 0.717) is 6.04 Å². The summed E-state index contributed by atoms with van der Waals surface area (Å²) in [6, 6.07) is 3.07. The third kappa shape index (κ3) is 3.58. The first-order valence-corrected chi connectivity index (χ1v) is 8.31.